The number of amides is 3. The normalized spacial score (nSPS) is 30.9. The minimum Gasteiger partial charge on any atom is -0.477 e. The van der Waals surface area contributed by atoms with Crippen LogP contribution in [0, 0.1) is 0 Å². The molecule has 29 nitrogen and oxygen atoms in total. The second kappa shape index (κ2) is 52.6. The fourth-order valence-electron chi connectivity index (χ4n) is 13.9. The smallest absolute Gasteiger partial charge is 0.364 e. The third kappa shape index (κ3) is 32.2. The molecule has 23 atom stereocenters. The van der Waals surface area contributed by atoms with Gasteiger partial charge in [0.15, 0.2) is 18.9 Å². The standard InChI is InChI=1S/C75H135N3O26/c1-5-7-9-11-13-15-17-19-20-21-22-23-24-25-26-27-28-30-32-34-36-38-40-42-58(88)78-51(52(85)41-39-37-35-33-31-29-18-16-14-12-10-8-6-2)48-97-72-65(93)64(92)67(56(46-81)99-72)101-73-66(94)70(68(57(47-82)100-73)102-71-60(77-50(4)84)63(91)62(90)55(45-80)98-71)104-75(74(95)96)43-53(86)59(76-49(3)83)69(103-75)61(89)54(87)44-79/h19-20,39,41,51-57,59-73,79-82,85-87,89-94H,5-18,21-38,40,42-48H2,1-4H3,(H,76,83)(H,77,84)(H,78,88)(H,95,96). The van der Waals surface area contributed by atoms with Crippen molar-refractivity contribution in [2.75, 3.05) is 33.0 Å². The van der Waals surface area contributed by atoms with Crippen molar-refractivity contribution in [2.24, 2.45) is 0 Å². The number of carbonyl (C=O) groups is 4. The molecule has 17 N–H and O–H groups in total. The largest absolute Gasteiger partial charge is 0.477 e. The first-order valence-corrected chi connectivity index (χ1v) is 39.2. The second-order valence-corrected chi connectivity index (χ2v) is 28.9. The summed E-state index contributed by atoms with van der Waals surface area (Å²) in [7, 11) is 0. The number of rotatable bonds is 56. The average molecular weight is 1490 g/mol. The van der Waals surface area contributed by atoms with Crippen LogP contribution in [0.5, 0.6) is 0 Å². The van der Waals surface area contributed by atoms with Gasteiger partial charge in [-0.1, -0.05) is 205 Å². The Bertz CT molecular complexity index is 2370. The number of carboxylic acid groups (broad SMARTS) is 1. The van der Waals surface area contributed by atoms with Gasteiger partial charge in [-0.2, -0.15) is 0 Å². The molecular formula is C75H135N3O26. The predicted molar refractivity (Wildman–Crippen MR) is 383 cm³/mol. The lowest BCUT2D eigenvalue weighted by atomic mass is 9.88. The van der Waals surface area contributed by atoms with E-state index in [0.29, 0.717) is 12.8 Å². The Balaban J connectivity index is 1.46. The molecule has 23 unspecified atom stereocenters. The van der Waals surface area contributed by atoms with Gasteiger partial charge in [-0.25, -0.2) is 4.79 Å². The number of ether oxygens (including phenoxy) is 8. The molecule has 4 saturated heterocycles. The van der Waals surface area contributed by atoms with Crippen LogP contribution in [-0.4, -0.2) is 269 Å². The molecule has 0 aromatic heterocycles. The van der Waals surface area contributed by atoms with Crippen molar-refractivity contribution in [1.29, 1.82) is 0 Å². The van der Waals surface area contributed by atoms with Crippen LogP contribution in [0.3, 0.4) is 0 Å². The molecule has 0 aromatic carbocycles. The molecule has 4 aliphatic heterocycles. The maximum atomic E-state index is 13.6. The number of aliphatic carboxylic acids is 1. The van der Waals surface area contributed by atoms with Crippen LogP contribution in [0.2, 0.25) is 0 Å². The van der Waals surface area contributed by atoms with E-state index in [0.717, 1.165) is 65.2 Å². The van der Waals surface area contributed by atoms with Gasteiger partial charge in [0.05, 0.1) is 57.3 Å². The van der Waals surface area contributed by atoms with Gasteiger partial charge in [0.1, 0.15) is 91.5 Å². The zero-order valence-corrected chi connectivity index (χ0v) is 62.5. The van der Waals surface area contributed by atoms with Crippen LogP contribution >= 0.6 is 0 Å². The molecule has 4 rings (SSSR count). The molecule has 0 saturated carbocycles. The SMILES string of the molecule is CCCCCCCCC=CCCCCCCCCCCCCCCCC(=O)NC(COC1OC(CO)C(OC2OC(CO)C(OC3OC(CO)C(O)C(O)C3NC(C)=O)C(OC3(C(=O)O)CC(O)C(NC(C)=O)C(C(O)C(O)CO)O3)C2O)C(O)C1O)C(O)C=CCCCCCCCCCCCCC. The molecule has 4 fully saturated rings. The van der Waals surface area contributed by atoms with Gasteiger partial charge >= 0.3 is 5.97 Å². The number of carbonyl (C=O) groups excluding carboxylic acids is 3. The first kappa shape index (κ1) is 92.9. The Hall–Kier alpha value is -3.48. The molecule has 0 aromatic rings. The lowest BCUT2D eigenvalue weighted by Gasteiger charge is -2.52. The van der Waals surface area contributed by atoms with Crippen molar-refractivity contribution in [3.05, 3.63) is 24.3 Å². The summed E-state index contributed by atoms with van der Waals surface area (Å²) in [6.45, 7) is 1.75. The molecule has 3 amide bonds. The second-order valence-electron chi connectivity index (χ2n) is 28.9. The predicted octanol–water partition coefficient (Wildman–Crippen LogP) is 4.03. The van der Waals surface area contributed by atoms with E-state index in [4.69, 9.17) is 37.9 Å². The summed E-state index contributed by atoms with van der Waals surface area (Å²) in [6.07, 6.45) is 7.65. The molecule has 0 aliphatic carbocycles. The van der Waals surface area contributed by atoms with E-state index < -0.39 is 198 Å². The van der Waals surface area contributed by atoms with E-state index in [1.165, 1.54) is 148 Å². The highest BCUT2D eigenvalue weighted by Gasteiger charge is 2.62. The lowest BCUT2D eigenvalue weighted by molar-refractivity contribution is -0.401. The topological polar surface area (TPSA) is 461 Å². The summed E-state index contributed by atoms with van der Waals surface area (Å²) in [5.41, 5.74) is 0. The summed E-state index contributed by atoms with van der Waals surface area (Å²) in [4.78, 5) is 52.1. The summed E-state index contributed by atoms with van der Waals surface area (Å²) in [6, 6.07) is -4.53. The number of hydrogen-bond acceptors (Lipinski definition) is 25. The number of aliphatic hydroxyl groups is 13. The van der Waals surface area contributed by atoms with Gasteiger partial charge in [0.2, 0.25) is 17.7 Å². The van der Waals surface area contributed by atoms with Crippen molar-refractivity contribution in [1.82, 2.24) is 16.0 Å². The maximum Gasteiger partial charge on any atom is 0.364 e. The van der Waals surface area contributed by atoms with Crippen molar-refractivity contribution in [2.45, 2.75) is 393 Å². The lowest BCUT2D eigenvalue weighted by Crippen LogP contribution is -2.72. The van der Waals surface area contributed by atoms with Crippen molar-refractivity contribution >= 4 is 23.7 Å². The highest BCUT2D eigenvalue weighted by molar-refractivity contribution is 5.77. The number of allylic oxidation sites excluding steroid dienone is 3. The minimum absolute atomic E-state index is 0.159. The highest BCUT2D eigenvalue weighted by atomic mass is 16.8. The van der Waals surface area contributed by atoms with Crippen LogP contribution in [-0.2, 0) is 57.1 Å². The Morgan fingerprint density at radius 3 is 1.42 bits per heavy atom. The van der Waals surface area contributed by atoms with Gasteiger partial charge in [0.25, 0.3) is 5.79 Å². The monoisotopic (exact) mass is 1490 g/mol. The third-order valence-corrected chi connectivity index (χ3v) is 20.1. The van der Waals surface area contributed by atoms with Crippen LogP contribution in [0.1, 0.15) is 252 Å². The zero-order chi connectivity index (χ0) is 76.4. The number of carboxylic acids is 1. The van der Waals surface area contributed by atoms with Crippen LogP contribution in [0.15, 0.2) is 24.3 Å². The van der Waals surface area contributed by atoms with Gasteiger partial charge in [-0.3, -0.25) is 14.4 Å². The number of hydrogen-bond donors (Lipinski definition) is 17. The van der Waals surface area contributed by atoms with Crippen molar-refractivity contribution < 1.29 is 129 Å². The van der Waals surface area contributed by atoms with Gasteiger partial charge in [-0.05, 0) is 44.9 Å². The fraction of sp³-hybridized carbons (Fsp3) is 0.893. The first-order valence-electron chi connectivity index (χ1n) is 39.2. The third-order valence-electron chi connectivity index (χ3n) is 20.1. The van der Waals surface area contributed by atoms with E-state index in [1.807, 2.05) is 6.08 Å². The van der Waals surface area contributed by atoms with Crippen LogP contribution in [0.4, 0.5) is 0 Å². The summed E-state index contributed by atoms with van der Waals surface area (Å²) in [5, 5.41) is 163. The Morgan fingerprint density at radius 2 is 0.942 bits per heavy atom. The van der Waals surface area contributed by atoms with Gasteiger partial charge in [-0.15, -0.1) is 0 Å². The molecule has 0 bridgehead atoms. The molecule has 0 spiro atoms. The van der Waals surface area contributed by atoms with Gasteiger partial charge in [0, 0.05) is 26.7 Å². The van der Waals surface area contributed by atoms with Crippen LogP contribution in [0.25, 0.3) is 0 Å². The first-order chi connectivity index (χ1) is 50.0. The van der Waals surface area contributed by atoms with E-state index in [9.17, 15) is 90.7 Å². The minimum atomic E-state index is -3.28. The van der Waals surface area contributed by atoms with Crippen molar-refractivity contribution in [3.8, 4) is 0 Å². The van der Waals surface area contributed by atoms with E-state index >= 15 is 0 Å². The quantitative estimate of drug-likeness (QED) is 0.0302. The average Bonchev–Trinajstić information content (AvgIpc) is 0.749. The molecular weight excluding hydrogens is 1360 g/mol. The molecule has 4 heterocycles. The van der Waals surface area contributed by atoms with Gasteiger partial charge < -0.3 is 125 Å². The van der Waals surface area contributed by atoms with E-state index in [1.54, 1.807) is 6.08 Å². The van der Waals surface area contributed by atoms with E-state index in [-0.39, 0.29) is 12.3 Å². The fourth-order valence-corrected chi connectivity index (χ4v) is 13.9. The number of aliphatic hydroxyl groups excluding tert-OH is 13. The molecule has 0 radical (unpaired) electrons. The molecule has 4 aliphatic rings. The highest BCUT2D eigenvalue weighted by Crippen LogP contribution is 2.40. The number of nitrogens with one attached hydrogen (secondary N) is 3. The summed E-state index contributed by atoms with van der Waals surface area (Å²) >= 11 is 0. The molecule has 104 heavy (non-hydrogen) atoms. The Morgan fingerprint density at radius 1 is 0.500 bits per heavy atom. The Kier molecular flexibility index (Phi) is 47.0. The summed E-state index contributed by atoms with van der Waals surface area (Å²) < 4.78 is 48.0. The Labute approximate surface area is 616 Å². The molecule has 29 heteroatoms. The zero-order valence-electron chi connectivity index (χ0n) is 62.5. The molecule has 606 valence electrons. The van der Waals surface area contributed by atoms with Crippen molar-refractivity contribution in [3.63, 3.8) is 0 Å². The number of unbranched alkanes of at least 4 members (excludes halogenated alkanes) is 30. The van der Waals surface area contributed by atoms with Crippen LogP contribution < -0.4 is 16.0 Å². The maximum absolute atomic E-state index is 13.6. The van der Waals surface area contributed by atoms with E-state index in [2.05, 4.69) is 41.9 Å². The summed E-state index contributed by atoms with van der Waals surface area (Å²) in [5.74, 6) is -7.37.